The fourth-order valence-electron chi connectivity index (χ4n) is 2.39. The van der Waals surface area contributed by atoms with Gasteiger partial charge in [-0.25, -0.2) is 0 Å². The standard InChI is InChI=1S/C18H21NO/c1-12-8-9-13(2)16(10-12)17(20)11-19-18-14(3)6-5-7-15(18)4/h5-10,19H,11H2,1-4H3. The van der Waals surface area contributed by atoms with Crippen molar-refractivity contribution < 1.29 is 4.79 Å². The van der Waals surface area contributed by atoms with Crippen LogP contribution < -0.4 is 5.32 Å². The number of nitrogens with one attached hydrogen (secondary N) is 1. The number of para-hydroxylation sites is 1. The summed E-state index contributed by atoms with van der Waals surface area (Å²) in [5, 5.41) is 3.28. The number of anilines is 1. The quantitative estimate of drug-likeness (QED) is 0.840. The predicted molar refractivity (Wildman–Crippen MR) is 84.7 cm³/mol. The summed E-state index contributed by atoms with van der Waals surface area (Å²) in [5.74, 6) is 0.133. The van der Waals surface area contributed by atoms with Crippen LogP contribution >= 0.6 is 0 Å². The molecule has 0 aliphatic heterocycles. The number of aryl methyl sites for hydroxylation is 4. The van der Waals surface area contributed by atoms with Gasteiger partial charge < -0.3 is 5.32 Å². The van der Waals surface area contributed by atoms with E-state index in [0.717, 1.165) is 22.4 Å². The van der Waals surface area contributed by atoms with Gasteiger partial charge in [0.25, 0.3) is 0 Å². The van der Waals surface area contributed by atoms with Gasteiger partial charge >= 0.3 is 0 Å². The monoisotopic (exact) mass is 267 g/mol. The molecule has 20 heavy (non-hydrogen) atoms. The summed E-state index contributed by atoms with van der Waals surface area (Å²) in [6.07, 6.45) is 0. The molecule has 0 bridgehead atoms. The maximum Gasteiger partial charge on any atom is 0.182 e. The van der Waals surface area contributed by atoms with Crippen LogP contribution in [0.25, 0.3) is 0 Å². The molecule has 0 fully saturated rings. The minimum absolute atomic E-state index is 0.133. The van der Waals surface area contributed by atoms with Gasteiger partial charge in [0.2, 0.25) is 0 Å². The average molecular weight is 267 g/mol. The van der Waals surface area contributed by atoms with Gasteiger partial charge in [-0.05, 0) is 50.5 Å². The second-order valence-corrected chi connectivity index (χ2v) is 5.36. The number of Topliss-reactive ketones (excluding diaryl/α,β-unsaturated/α-hetero) is 1. The molecule has 0 saturated heterocycles. The van der Waals surface area contributed by atoms with E-state index in [4.69, 9.17) is 0 Å². The van der Waals surface area contributed by atoms with Gasteiger partial charge in [0, 0.05) is 11.3 Å². The average Bonchev–Trinajstić information content (AvgIpc) is 2.40. The molecular formula is C18H21NO. The molecule has 2 heteroatoms. The lowest BCUT2D eigenvalue weighted by Crippen LogP contribution is -2.16. The van der Waals surface area contributed by atoms with Crippen LogP contribution in [0.1, 0.15) is 32.6 Å². The van der Waals surface area contributed by atoms with E-state index in [1.165, 1.54) is 11.1 Å². The highest BCUT2D eigenvalue weighted by Gasteiger charge is 2.10. The molecule has 0 unspecified atom stereocenters. The number of carbonyl (C=O) groups excluding carboxylic acids is 1. The fourth-order valence-corrected chi connectivity index (χ4v) is 2.39. The summed E-state index contributed by atoms with van der Waals surface area (Å²) >= 11 is 0. The molecule has 2 rings (SSSR count). The van der Waals surface area contributed by atoms with E-state index in [1.807, 2.05) is 38.1 Å². The SMILES string of the molecule is Cc1ccc(C)c(C(=O)CNc2c(C)cccc2C)c1. The lowest BCUT2D eigenvalue weighted by atomic mass is 10.0. The highest BCUT2D eigenvalue weighted by molar-refractivity contribution is 6.00. The van der Waals surface area contributed by atoms with E-state index < -0.39 is 0 Å². The lowest BCUT2D eigenvalue weighted by Gasteiger charge is -2.13. The molecule has 0 aliphatic carbocycles. The molecular weight excluding hydrogens is 246 g/mol. The Morgan fingerprint density at radius 3 is 2.25 bits per heavy atom. The summed E-state index contributed by atoms with van der Waals surface area (Å²) < 4.78 is 0. The van der Waals surface area contributed by atoms with Crippen molar-refractivity contribution in [2.24, 2.45) is 0 Å². The number of hydrogen-bond donors (Lipinski definition) is 1. The minimum atomic E-state index is 0.133. The van der Waals surface area contributed by atoms with Gasteiger partial charge in [0.05, 0.1) is 6.54 Å². The Morgan fingerprint density at radius 1 is 0.950 bits per heavy atom. The van der Waals surface area contributed by atoms with E-state index in [9.17, 15) is 4.79 Å². The Bertz CT molecular complexity index is 624. The zero-order chi connectivity index (χ0) is 14.7. The van der Waals surface area contributed by atoms with Crippen LogP contribution in [0.2, 0.25) is 0 Å². The van der Waals surface area contributed by atoms with E-state index in [0.29, 0.717) is 6.54 Å². The summed E-state index contributed by atoms with van der Waals surface area (Å²) in [5.41, 5.74) is 6.35. The van der Waals surface area contributed by atoms with Crippen LogP contribution in [-0.4, -0.2) is 12.3 Å². The van der Waals surface area contributed by atoms with Gasteiger partial charge in [0.15, 0.2) is 5.78 Å². The molecule has 1 N–H and O–H groups in total. The predicted octanol–water partition coefficient (Wildman–Crippen LogP) is 4.22. The molecule has 0 heterocycles. The summed E-state index contributed by atoms with van der Waals surface area (Å²) in [6, 6.07) is 12.1. The smallest absolute Gasteiger partial charge is 0.182 e. The van der Waals surface area contributed by atoms with Gasteiger partial charge in [0.1, 0.15) is 0 Å². The third-order valence-corrected chi connectivity index (χ3v) is 3.60. The number of hydrogen-bond acceptors (Lipinski definition) is 2. The van der Waals surface area contributed by atoms with Crippen molar-refractivity contribution in [1.29, 1.82) is 0 Å². The van der Waals surface area contributed by atoms with Crippen LogP contribution in [0, 0.1) is 27.7 Å². The molecule has 2 nitrogen and oxygen atoms in total. The normalized spacial score (nSPS) is 10.4. The van der Waals surface area contributed by atoms with Gasteiger partial charge in [-0.2, -0.15) is 0 Å². The second kappa shape index (κ2) is 5.91. The number of benzene rings is 2. The van der Waals surface area contributed by atoms with Crippen molar-refractivity contribution in [3.63, 3.8) is 0 Å². The zero-order valence-corrected chi connectivity index (χ0v) is 12.6. The molecule has 0 saturated carbocycles. The molecule has 104 valence electrons. The Balaban J connectivity index is 2.15. The first-order valence-corrected chi connectivity index (χ1v) is 6.89. The maximum absolute atomic E-state index is 12.4. The number of carbonyl (C=O) groups is 1. The first-order chi connectivity index (χ1) is 9.49. The van der Waals surface area contributed by atoms with Crippen molar-refractivity contribution in [2.45, 2.75) is 27.7 Å². The Hall–Kier alpha value is -2.09. The molecule has 2 aromatic carbocycles. The molecule has 0 atom stereocenters. The highest BCUT2D eigenvalue weighted by atomic mass is 16.1. The van der Waals surface area contributed by atoms with Crippen molar-refractivity contribution >= 4 is 11.5 Å². The minimum Gasteiger partial charge on any atom is -0.377 e. The Morgan fingerprint density at radius 2 is 1.60 bits per heavy atom. The maximum atomic E-state index is 12.4. The van der Waals surface area contributed by atoms with E-state index in [-0.39, 0.29) is 5.78 Å². The molecule has 0 aromatic heterocycles. The first kappa shape index (κ1) is 14.3. The number of ketones is 1. The Kier molecular flexibility index (Phi) is 4.23. The van der Waals surface area contributed by atoms with E-state index in [1.54, 1.807) is 0 Å². The van der Waals surface area contributed by atoms with Crippen molar-refractivity contribution in [3.05, 3.63) is 64.2 Å². The van der Waals surface area contributed by atoms with Crippen LogP contribution in [0.4, 0.5) is 5.69 Å². The highest BCUT2D eigenvalue weighted by Crippen LogP contribution is 2.19. The fraction of sp³-hybridized carbons (Fsp3) is 0.278. The summed E-state index contributed by atoms with van der Waals surface area (Å²) in [4.78, 5) is 12.4. The van der Waals surface area contributed by atoms with Crippen LogP contribution in [0.15, 0.2) is 36.4 Å². The van der Waals surface area contributed by atoms with Crippen LogP contribution in [0.5, 0.6) is 0 Å². The molecule has 0 spiro atoms. The zero-order valence-electron chi connectivity index (χ0n) is 12.6. The van der Waals surface area contributed by atoms with E-state index >= 15 is 0 Å². The van der Waals surface area contributed by atoms with Crippen LogP contribution in [0.3, 0.4) is 0 Å². The molecule has 0 radical (unpaired) electrons. The van der Waals surface area contributed by atoms with Crippen molar-refractivity contribution in [3.8, 4) is 0 Å². The summed E-state index contributed by atoms with van der Waals surface area (Å²) in [6.45, 7) is 8.42. The van der Waals surface area contributed by atoms with Crippen molar-refractivity contribution in [2.75, 3.05) is 11.9 Å². The summed E-state index contributed by atoms with van der Waals surface area (Å²) in [7, 11) is 0. The third kappa shape index (κ3) is 3.08. The van der Waals surface area contributed by atoms with E-state index in [2.05, 4.69) is 31.3 Å². The van der Waals surface area contributed by atoms with Gasteiger partial charge in [-0.3, -0.25) is 4.79 Å². The Labute approximate surface area is 120 Å². The molecule has 2 aromatic rings. The first-order valence-electron chi connectivity index (χ1n) is 6.89. The van der Waals surface area contributed by atoms with Crippen molar-refractivity contribution in [1.82, 2.24) is 0 Å². The topological polar surface area (TPSA) is 29.1 Å². The molecule has 0 amide bonds. The van der Waals surface area contributed by atoms with Gasteiger partial charge in [-0.15, -0.1) is 0 Å². The van der Waals surface area contributed by atoms with Crippen LogP contribution in [-0.2, 0) is 0 Å². The molecule has 0 aliphatic rings. The largest absolute Gasteiger partial charge is 0.377 e. The number of rotatable bonds is 4. The second-order valence-electron chi connectivity index (χ2n) is 5.36. The van der Waals surface area contributed by atoms with Gasteiger partial charge in [-0.1, -0.05) is 35.9 Å². The third-order valence-electron chi connectivity index (χ3n) is 3.60. The lowest BCUT2D eigenvalue weighted by molar-refractivity contribution is 0.101.